The van der Waals surface area contributed by atoms with Crippen LogP contribution in [-0.4, -0.2) is 12.6 Å². The van der Waals surface area contributed by atoms with Crippen molar-refractivity contribution in [1.29, 1.82) is 0 Å². The smallest absolute Gasteiger partial charge is 0.0314 e. The lowest BCUT2D eigenvalue weighted by molar-refractivity contribution is 0.365. The number of nitrogens with one attached hydrogen (secondary N) is 1. The zero-order chi connectivity index (χ0) is 11.7. The molecule has 0 aromatic carbocycles. The van der Waals surface area contributed by atoms with Gasteiger partial charge in [-0.25, -0.2) is 0 Å². The van der Waals surface area contributed by atoms with E-state index < -0.39 is 0 Å². The minimum atomic E-state index is 0.865. The third kappa shape index (κ3) is 3.12. The maximum absolute atomic E-state index is 3.71. The highest BCUT2D eigenvalue weighted by Crippen LogP contribution is 2.37. The molecule has 0 bridgehead atoms. The van der Waals surface area contributed by atoms with E-state index in [4.69, 9.17) is 0 Å². The monoisotopic (exact) mass is 313 g/mol. The predicted octanol–water partition coefficient (Wildman–Crippen LogP) is 4.22. The fourth-order valence-corrected chi connectivity index (χ4v) is 4.57. The van der Waals surface area contributed by atoms with Gasteiger partial charge in [0.2, 0.25) is 0 Å². The van der Waals surface area contributed by atoms with Crippen molar-refractivity contribution >= 4 is 27.3 Å². The van der Waals surface area contributed by atoms with Crippen molar-refractivity contribution in [3.05, 3.63) is 20.8 Å². The van der Waals surface area contributed by atoms with Gasteiger partial charge in [0.25, 0.3) is 0 Å². The molecule has 1 nitrogen and oxygen atoms in total. The molecule has 0 aliphatic heterocycles. The molecule has 94 valence electrons. The summed E-state index contributed by atoms with van der Waals surface area (Å²) in [5.41, 5.74) is 0. The average molecular weight is 314 g/mol. The third-order valence-corrected chi connectivity index (χ3v) is 6.15. The molecule has 2 unspecified atom stereocenters. The first-order valence-electron chi connectivity index (χ1n) is 6.78. The van der Waals surface area contributed by atoms with Crippen LogP contribution in [0.25, 0.3) is 0 Å². The van der Waals surface area contributed by atoms with Gasteiger partial charge in [-0.1, -0.05) is 6.42 Å². The molecule has 1 heterocycles. The van der Waals surface area contributed by atoms with Crippen LogP contribution in [0.5, 0.6) is 0 Å². The Bertz CT molecular complexity index is 372. The van der Waals surface area contributed by atoms with Crippen LogP contribution < -0.4 is 5.32 Å². The topological polar surface area (TPSA) is 12.0 Å². The molecule has 2 aliphatic rings. The maximum Gasteiger partial charge on any atom is 0.0314 e. The van der Waals surface area contributed by atoms with E-state index in [1.54, 1.807) is 4.88 Å². The third-order valence-electron chi connectivity index (χ3n) is 4.20. The first-order chi connectivity index (χ1) is 8.33. The van der Waals surface area contributed by atoms with Crippen molar-refractivity contribution in [2.45, 2.75) is 44.6 Å². The van der Waals surface area contributed by atoms with E-state index >= 15 is 0 Å². The van der Waals surface area contributed by atoms with Crippen LogP contribution in [0.3, 0.4) is 0 Å². The molecule has 0 radical (unpaired) electrons. The van der Waals surface area contributed by atoms with Gasteiger partial charge in [0.1, 0.15) is 0 Å². The molecule has 2 fully saturated rings. The summed E-state index contributed by atoms with van der Waals surface area (Å²) in [6.45, 7) is 1.26. The fraction of sp³-hybridized carbons (Fsp3) is 0.714. The summed E-state index contributed by atoms with van der Waals surface area (Å²) in [7, 11) is 0. The first-order valence-corrected chi connectivity index (χ1v) is 8.45. The van der Waals surface area contributed by atoms with Gasteiger partial charge >= 0.3 is 0 Å². The summed E-state index contributed by atoms with van der Waals surface area (Å²) in [6, 6.07) is 3.05. The second-order valence-corrected chi connectivity index (χ2v) is 7.38. The number of hydrogen-bond donors (Lipinski definition) is 1. The Morgan fingerprint density at radius 1 is 1.24 bits per heavy atom. The lowest BCUT2D eigenvalue weighted by Crippen LogP contribution is -2.27. The lowest BCUT2D eigenvalue weighted by Gasteiger charge is -2.19. The zero-order valence-corrected chi connectivity index (χ0v) is 12.5. The fourth-order valence-electron chi connectivity index (χ4n) is 2.97. The van der Waals surface area contributed by atoms with Crippen LogP contribution in [0.1, 0.15) is 37.0 Å². The summed E-state index contributed by atoms with van der Waals surface area (Å²) in [6.07, 6.45) is 8.41. The van der Waals surface area contributed by atoms with E-state index in [2.05, 4.69) is 32.7 Å². The summed E-state index contributed by atoms with van der Waals surface area (Å²) in [5.74, 6) is 1.83. The van der Waals surface area contributed by atoms with Crippen LogP contribution >= 0.6 is 27.3 Å². The molecule has 0 spiro atoms. The average Bonchev–Trinajstić information content (AvgIpc) is 2.92. The largest absolute Gasteiger partial charge is 0.314 e. The zero-order valence-electron chi connectivity index (χ0n) is 10.1. The van der Waals surface area contributed by atoms with Gasteiger partial charge in [0.15, 0.2) is 0 Å². The molecule has 3 rings (SSSR count). The van der Waals surface area contributed by atoms with E-state index in [-0.39, 0.29) is 0 Å². The molecule has 0 saturated heterocycles. The van der Waals surface area contributed by atoms with E-state index in [9.17, 15) is 0 Å². The van der Waals surface area contributed by atoms with Gasteiger partial charge in [-0.05, 0) is 77.9 Å². The SMILES string of the molecule is Brc1ccsc1CC1CCCC1CNC1CC1. The normalized spacial score (nSPS) is 28.8. The molecule has 1 N–H and O–H groups in total. The van der Waals surface area contributed by atoms with Crippen LogP contribution in [0.4, 0.5) is 0 Å². The highest BCUT2D eigenvalue weighted by molar-refractivity contribution is 9.10. The molecular weight excluding hydrogens is 294 g/mol. The minimum Gasteiger partial charge on any atom is -0.314 e. The van der Waals surface area contributed by atoms with E-state index in [1.807, 2.05) is 11.3 Å². The van der Waals surface area contributed by atoms with Crippen molar-refractivity contribution in [3.8, 4) is 0 Å². The van der Waals surface area contributed by atoms with Crippen molar-refractivity contribution < 1.29 is 0 Å². The summed E-state index contributed by atoms with van der Waals surface area (Å²) in [5, 5.41) is 5.91. The first kappa shape index (κ1) is 12.2. The van der Waals surface area contributed by atoms with Crippen molar-refractivity contribution in [2.24, 2.45) is 11.8 Å². The quantitative estimate of drug-likeness (QED) is 0.858. The van der Waals surface area contributed by atoms with Gasteiger partial charge in [-0.3, -0.25) is 0 Å². The number of hydrogen-bond acceptors (Lipinski definition) is 2. The number of thiophene rings is 1. The Kier molecular flexibility index (Phi) is 3.88. The van der Waals surface area contributed by atoms with Crippen molar-refractivity contribution in [1.82, 2.24) is 5.32 Å². The second-order valence-electron chi connectivity index (χ2n) is 5.53. The Hall–Kier alpha value is 0.140. The molecule has 2 atom stereocenters. The van der Waals surface area contributed by atoms with Crippen molar-refractivity contribution in [3.63, 3.8) is 0 Å². The Morgan fingerprint density at radius 2 is 2.06 bits per heavy atom. The Balaban J connectivity index is 1.55. The molecule has 1 aromatic rings. The predicted molar refractivity (Wildman–Crippen MR) is 77.6 cm³/mol. The summed E-state index contributed by atoms with van der Waals surface area (Å²) in [4.78, 5) is 1.55. The summed E-state index contributed by atoms with van der Waals surface area (Å²) >= 11 is 5.57. The number of rotatable bonds is 5. The lowest BCUT2D eigenvalue weighted by atomic mass is 9.92. The molecule has 0 amide bonds. The Labute approximate surface area is 116 Å². The standard InChI is InChI=1S/C14H20BrNS/c15-13-6-7-17-14(13)8-10-2-1-3-11(10)9-16-12-4-5-12/h6-7,10-12,16H,1-5,8-9H2. The maximum atomic E-state index is 3.71. The van der Waals surface area contributed by atoms with Crippen LogP contribution in [-0.2, 0) is 6.42 Å². The van der Waals surface area contributed by atoms with Gasteiger partial charge in [-0.2, -0.15) is 0 Å². The van der Waals surface area contributed by atoms with E-state index in [0.717, 1.165) is 17.9 Å². The number of halogens is 1. The minimum absolute atomic E-state index is 0.865. The molecular formula is C14H20BrNS. The molecule has 17 heavy (non-hydrogen) atoms. The molecule has 1 aromatic heterocycles. The molecule has 2 saturated carbocycles. The molecule has 2 aliphatic carbocycles. The van der Waals surface area contributed by atoms with Gasteiger partial charge in [0, 0.05) is 15.4 Å². The summed E-state index contributed by atoms with van der Waals surface area (Å²) < 4.78 is 1.32. The highest BCUT2D eigenvalue weighted by Gasteiger charge is 2.30. The van der Waals surface area contributed by atoms with Crippen LogP contribution in [0.15, 0.2) is 15.9 Å². The van der Waals surface area contributed by atoms with Crippen LogP contribution in [0, 0.1) is 11.8 Å². The van der Waals surface area contributed by atoms with Gasteiger partial charge in [-0.15, -0.1) is 11.3 Å². The van der Waals surface area contributed by atoms with Gasteiger partial charge < -0.3 is 5.32 Å². The Morgan fingerprint density at radius 3 is 2.76 bits per heavy atom. The van der Waals surface area contributed by atoms with E-state index in [1.165, 1.54) is 49.5 Å². The van der Waals surface area contributed by atoms with Crippen LogP contribution in [0.2, 0.25) is 0 Å². The second kappa shape index (κ2) is 5.41. The van der Waals surface area contributed by atoms with Gasteiger partial charge in [0.05, 0.1) is 0 Å². The van der Waals surface area contributed by atoms with E-state index in [0.29, 0.717) is 0 Å². The highest BCUT2D eigenvalue weighted by atomic mass is 79.9. The molecule has 3 heteroatoms. The van der Waals surface area contributed by atoms with Crippen molar-refractivity contribution in [2.75, 3.05) is 6.54 Å².